The van der Waals surface area contributed by atoms with Crippen LogP contribution in [-0.4, -0.2) is 43.6 Å². The zero-order valence-corrected chi connectivity index (χ0v) is 14.0. The molecule has 2 unspecified atom stereocenters. The van der Waals surface area contributed by atoms with Crippen molar-refractivity contribution in [3.8, 4) is 5.75 Å². The Balaban J connectivity index is 1.55. The van der Waals surface area contributed by atoms with Crippen LogP contribution in [0.1, 0.15) is 23.2 Å². The van der Waals surface area contributed by atoms with Gasteiger partial charge in [-0.1, -0.05) is 11.6 Å². The molecule has 1 amide bonds. The van der Waals surface area contributed by atoms with Gasteiger partial charge in [0.15, 0.2) is 0 Å². The number of amides is 1. The zero-order valence-electron chi connectivity index (χ0n) is 13.2. The van der Waals surface area contributed by atoms with Gasteiger partial charge in [-0.25, -0.2) is 0 Å². The second-order valence-electron chi connectivity index (χ2n) is 7.15. The second kappa shape index (κ2) is 5.56. The summed E-state index contributed by atoms with van der Waals surface area (Å²) < 4.78 is 5.30. The lowest BCUT2D eigenvalue weighted by Crippen LogP contribution is -2.64. The summed E-state index contributed by atoms with van der Waals surface area (Å²) in [4.78, 5) is 15.3. The van der Waals surface area contributed by atoms with E-state index < -0.39 is 0 Å². The molecule has 4 bridgehead atoms. The second-order valence-corrected chi connectivity index (χ2v) is 7.56. The molecule has 1 aliphatic carbocycles. The van der Waals surface area contributed by atoms with E-state index in [0.717, 1.165) is 19.0 Å². The summed E-state index contributed by atoms with van der Waals surface area (Å²) in [6.45, 7) is 3.46. The molecule has 1 saturated carbocycles. The summed E-state index contributed by atoms with van der Waals surface area (Å²) in [5, 5.41) is 3.64. The predicted molar refractivity (Wildman–Crippen MR) is 89.8 cm³/mol. The van der Waals surface area contributed by atoms with Crippen LogP contribution in [0, 0.1) is 17.8 Å². The number of carbonyl (C=O) groups is 1. The molecule has 6 heteroatoms. The fourth-order valence-corrected chi connectivity index (χ4v) is 4.95. The Hall–Kier alpha value is -1.46. The van der Waals surface area contributed by atoms with Crippen molar-refractivity contribution in [2.45, 2.75) is 18.9 Å². The van der Waals surface area contributed by atoms with Gasteiger partial charge in [-0.3, -0.25) is 4.79 Å². The molecule has 0 spiro atoms. The normalized spacial score (nSPS) is 34.4. The number of methoxy groups -OCH3 is 1. The molecular formula is C17H22ClN3O2. The Kier molecular flexibility index (Phi) is 3.65. The van der Waals surface area contributed by atoms with Crippen LogP contribution < -0.4 is 15.8 Å². The van der Waals surface area contributed by atoms with E-state index in [1.807, 2.05) is 0 Å². The molecular weight excluding hydrogens is 314 g/mol. The van der Waals surface area contributed by atoms with Crippen molar-refractivity contribution >= 4 is 23.2 Å². The third kappa shape index (κ3) is 2.56. The minimum Gasteiger partial charge on any atom is -0.496 e. The predicted octanol–water partition coefficient (Wildman–Crippen LogP) is 2.00. The van der Waals surface area contributed by atoms with Crippen molar-refractivity contribution < 1.29 is 9.53 Å². The monoisotopic (exact) mass is 335 g/mol. The first-order chi connectivity index (χ1) is 11.0. The summed E-state index contributed by atoms with van der Waals surface area (Å²) >= 11 is 6.08. The summed E-state index contributed by atoms with van der Waals surface area (Å²) in [5.41, 5.74) is 6.67. The van der Waals surface area contributed by atoms with Gasteiger partial charge >= 0.3 is 0 Å². The zero-order chi connectivity index (χ0) is 16.1. The number of hydrogen-bond acceptors (Lipinski definition) is 4. The van der Waals surface area contributed by atoms with Crippen molar-refractivity contribution in [1.82, 2.24) is 10.2 Å². The number of benzene rings is 1. The van der Waals surface area contributed by atoms with Gasteiger partial charge in [0.25, 0.3) is 5.91 Å². The van der Waals surface area contributed by atoms with Gasteiger partial charge in [-0.05, 0) is 36.7 Å². The van der Waals surface area contributed by atoms with E-state index in [4.69, 9.17) is 22.1 Å². The van der Waals surface area contributed by atoms with Gasteiger partial charge in [-0.2, -0.15) is 0 Å². The standard InChI is InChI=1S/C17H22ClN3O2/c1-23-15-5-14(19)13(18)4-12(15)17(22)20-16-10-2-9-3-11(16)8-21(6-9)7-10/h4-5,9-11,16H,2-3,6-8,19H2,1H3,(H,20,22). The van der Waals surface area contributed by atoms with Gasteiger partial charge in [-0.15, -0.1) is 0 Å². The van der Waals surface area contributed by atoms with Crippen molar-refractivity contribution in [1.29, 1.82) is 0 Å². The number of ether oxygens (including phenoxy) is 1. The fraction of sp³-hybridized carbons (Fsp3) is 0.588. The molecule has 3 N–H and O–H groups in total. The van der Waals surface area contributed by atoms with E-state index in [1.54, 1.807) is 12.1 Å². The van der Waals surface area contributed by atoms with Crippen molar-refractivity contribution in [3.63, 3.8) is 0 Å². The number of halogens is 1. The Morgan fingerprint density at radius 1 is 1.30 bits per heavy atom. The highest BCUT2D eigenvalue weighted by molar-refractivity contribution is 6.33. The molecule has 5 nitrogen and oxygen atoms in total. The minimum atomic E-state index is -0.115. The SMILES string of the molecule is COc1cc(N)c(Cl)cc1C(=O)NC1C2CC3CC1CN(C3)C2. The summed E-state index contributed by atoms with van der Waals surface area (Å²) in [5.74, 6) is 2.32. The largest absolute Gasteiger partial charge is 0.496 e. The van der Waals surface area contributed by atoms with Crippen LogP contribution in [-0.2, 0) is 0 Å². The number of nitrogens with two attached hydrogens (primary N) is 1. The number of carbonyl (C=O) groups excluding carboxylic acids is 1. The van der Waals surface area contributed by atoms with E-state index >= 15 is 0 Å². The number of hydrogen-bond donors (Lipinski definition) is 2. The summed E-state index contributed by atoms with van der Waals surface area (Å²) in [6, 6.07) is 3.47. The molecule has 23 heavy (non-hydrogen) atoms. The first-order valence-corrected chi connectivity index (χ1v) is 8.59. The van der Waals surface area contributed by atoms with Gasteiger partial charge in [0.05, 0.1) is 23.4 Å². The molecule has 0 aromatic heterocycles. The number of piperidine rings is 3. The number of nitrogens with one attached hydrogen (secondary N) is 1. The number of anilines is 1. The lowest BCUT2D eigenvalue weighted by Gasteiger charge is -2.55. The Morgan fingerprint density at radius 3 is 2.61 bits per heavy atom. The number of nitrogen functional groups attached to an aromatic ring is 1. The molecule has 5 rings (SSSR count). The Labute approximate surface area is 141 Å². The molecule has 124 valence electrons. The highest BCUT2D eigenvalue weighted by Crippen LogP contribution is 2.43. The van der Waals surface area contributed by atoms with Crippen molar-refractivity contribution in [2.75, 3.05) is 32.5 Å². The van der Waals surface area contributed by atoms with E-state index in [-0.39, 0.29) is 11.9 Å². The highest BCUT2D eigenvalue weighted by Gasteiger charge is 2.47. The quantitative estimate of drug-likeness (QED) is 0.829. The maximum absolute atomic E-state index is 12.8. The van der Waals surface area contributed by atoms with E-state index in [2.05, 4.69) is 10.2 Å². The smallest absolute Gasteiger partial charge is 0.255 e. The molecule has 4 aliphatic rings. The van der Waals surface area contributed by atoms with Crippen molar-refractivity contribution in [3.05, 3.63) is 22.7 Å². The maximum Gasteiger partial charge on any atom is 0.255 e. The average molecular weight is 336 g/mol. The topological polar surface area (TPSA) is 67.6 Å². The number of rotatable bonds is 3. The first-order valence-electron chi connectivity index (χ1n) is 8.21. The third-order valence-electron chi connectivity index (χ3n) is 5.65. The molecule has 0 radical (unpaired) electrons. The highest BCUT2D eigenvalue weighted by atomic mass is 35.5. The van der Waals surface area contributed by atoms with Crippen LogP contribution in [0.3, 0.4) is 0 Å². The average Bonchev–Trinajstić information content (AvgIpc) is 2.52. The van der Waals surface area contributed by atoms with Gasteiger partial charge in [0.1, 0.15) is 5.75 Å². The Morgan fingerprint density at radius 2 is 2.00 bits per heavy atom. The van der Waals surface area contributed by atoms with E-state index in [9.17, 15) is 4.79 Å². The molecule has 4 fully saturated rings. The molecule has 3 aliphatic heterocycles. The minimum absolute atomic E-state index is 0.115. The first kappa shape index (κ1) is 15.1. The van der Waals surface area contributed by atoms with Crippen LogP contribution >= 0.6 is 11.6 Å². The van der Waals surface area contributed by atoms with Crippen LogP contribution in [0.25, 0.3) is 0 Å². The fourth-order valence-electron chi connectivity index (χ4n) is 4.79. The molecule has 3 saturated heterocycles. The van der Waals surface area contributed by atoms with Crippen LogP contribution in [0.15, 0.2) is 12.1 Å². The van der Waals surface area contributed by atoms with Gasteiger partial charge in [0.2, 0.25) is 0 Å². The third-order valence-corrected chi connectivity index (χ3v) is 5.98. The van der Waals surface area contributed by atoms with Gasteiger partial charge < -0.3 is 20.7 Å². The van der Waals surface area contributed by atoms with Crippen LogP contribution in [0.4, 0.5) is 5.69 Å². The lowest BCUT2D eigenvalue weighted by molar-refractivity contribution is -0.0418. The number of nitrogens with zero attached hydrogens (tertiary/aromatic N) is 1. The molecule has 1 aromatic carbocycles. The van der Waals surface area contributed by atoms with Crippen LogP contribution in [0.2, 0.25) is 5.02 Å². The Bertz CT molecular complexity index is 621. The molecule has 3 heterocycles. The van der Waals surface area contributed by atoms with E-state index in [1.165, 1.54) is 26.5 Å². The van der Waals surface area contributed by atoms with Gasteiger partial charge in [0, 0.05) is 31.7 Å². The van der Waals surface area contributed by atoms with Crippen molar-refractivity contribution in [2.24, 2.45) is 17.8 Å². The maximum atomic E-state index is 12.8. The lowest BCUT2D eigenvalue weighted by atomic mass is 9.65. The molecule has 1 aromatic rings. The van der Waals surface area contributed by atoms with Crippen LogP contribution in [0.5, 0.6) is 5.75 Å². The summed E-state index contributed by atoms with van der Waals surface area (Å²) in [6.07, 6.45) is 2.47. The summed E-state index contributed by atoms with van der Waals surface area (Å²) in [7, 11) is 1.54. The van der Waals surface area contributed by atoms with E-state index in [0.29, 0.717) is 33.9 Å². The molecule has 2 atom stereocenters.